The van der Waals surface area contributed by atoms with Gasteiger partial charge in [-0.2, -0.15) is 5.10 Å². The summed E-state index contributed by atoms with van der Waals surface area (Å²) in [4.78, 5) is 31.2. The van der Waals surface area contributed by atoms with E-state index in [1.807, 2.05) is 12.1 Å². The zero-order valence-corrected chi connectivity index (χ0v) is 15.7. The van der Waals surface area contributed by atoms with E-state index in [-0.39, 0.29) is 23.3 Å². The number of pyridine rings is 1. The lowest BCUT2D eigenvalue weighted by atomic mass is 10.1. The van der Waals surface area contributed by atoms with Crippen LogP contribution in [0.25, 0.3) is 11.3 Å². The molecule has 1 aliphatic rings. The molecule has 28 heavy (non-hydrogen) atoms. The van der Waals surface area contributed by atoms with E-state index in [0.29, 0.717) is 30.1 Å². The van der Waals surface area contributed by atoms with Gasteiger partial charge in [0.25, 0.3) is 5.56 Å². The predicted molar refractivity (Wildman–Crippen MR) is 104 cm³/mol. The van der Waals surface area contributed by atoms with E-state index in [9.17, 15) is 14.0 Å². The normalized spacial score (nSPS) is 14.0. The van der Waals surface area contributed by atoms with Gasteiger partial charge in [-0.1, -0.05) is 12.1 Å². The van der Waals surface area contributed by atoms with Gasteiger partial charge in [0.2, 0.25) is 5.91 Å². The van der Waals surface area contributed by atoms with Gasteiger partial charge < -0.3 is 4.90 Å². The van der Waals surface area contributed by atoms with Crippen molar-refractivity contribution in [1.29, 1.82) is 0 Å². The molecule has 0 bridgehead atoms. The number of rotatable bonds is 5. The third-order valence-corrected chi connectivity index (χ3v) is 5.52. The summed E-state index contributed by atoms with van der Waals surface area (Å²) in [6.07, 6.45) is 3.38. The molecule has 142 valence electrons. The van der Waals surface area contributed by atoms with E-state index in [1.165, 1.54) is 34.6 Å². The molecule has 0 spiro atoms. The van der Waals surface area contributed by atoms with Crippen molar-refractivity contribution in [3.8, 4) is 11.3 Å². The van der Waals surface area contributed by atoms with Crippen LogP contribution in [0.15, 0.2) is 70.6 Å². The Morgan fingerprint density at radius 1 is 1.14 bits per heavy atom. The average molecular weight is 396 g/mol. The van der Waals surface area contributed by atoms with Crippen LogP contribution in [0, 0.1) is 5.82 Å². The number of hydrogen-bond donors (Lipinski definition) is 0. The average Bonchev–Trinajstić information content (AvgIpc) is 2.67. The van der Waals surface area contributed by atoms with Crippen molar-refractivity contribution >= 4 is 17.7 Å². The van der Waals surface area contributed by atoms with Gasteiger partial charge in [0.15, 0.2) is 0 Å². The molecule has 0 unspecified atom stereocenters. The molecular weight excluding hydrogens is 379 g/mol. The Morgan fingerprint density at radius 3 is 2.68 bits per heavy atom. The van der Waals surface area contributed by atoms with Gasteiger partial charge in [-0.3, -0.25) is 14.6 Å². The monoisotopic (exact) mass is 396 g/mol. The molecule has 3 aromatic rings. The van der Waals surface area contributed by atoms with Crippen LogP contribution in [-0.2, 0) is 4.79 Å². The fraction of sp³-hybridized carbons (Fsp3) is 0.200. The van der Waals surface area contributed by atoms with Crippen LogP contribution in [-0.4, -0.2) is 44.4 Å². The van der Waals surface area contributed by atoms with Gasteiger partial charge in [-0.05, 0) is 30.3 Å². The first-order valence-corrected chi connectivity index (χ1v) is 9.75. The van der Waals surface area contributed by atoms with Crippen molar-refractivity contribution in [2.75, 3.05) is 18.8 Å². The number of thioether (sulfide) groups is 1. The number of hydrogen-bond acceptors (Lipinski definition) is 5. The number of halogens is 1. The van der Waals surface area contributed by atoms with Crippen molar-refractivity contribution in [2.24, 2.45) is 0 Å². The lowest BCUT2D eigenvalue weighted by Crippen LogP contribution is -2.53. The number of likely N-dealkylation sites (tertiary alicyclic amines) is 1. The van der Waals surface area contributed by atoms with Crippen LogP contribution in [0.1, 0.15) is 6.04 Å². The molecule has 0 aliphatic carbocycles. The van der Waals surface area contributed by atoms with Gasteiger partial charge in [0, 0.05) is 42.0 Å². The highest BCUT2D eigenvalue weighted by atomic mass is 32.2. The maximum Gasteiger partial charge on any atom is 0.267 e. The molecule has 0 N–H and O–H groups in total. The zero-order chi connectivity index (χ0) is 19.5. The number of benzene rings is 1. The topological polar surface area (TPSA) is 68.1 Å². The molecule has 0 atom stereocenters. The summed E-state index contributed by atoms with van der Waals surface area (Å²) in [7, 11) is 0. The van der Waals surface area contributed by atoms with Crippen molar-refractivity contribution in [3.05, 3.63) is 77.1 Å². The first-order valence-electron chi connectivity index (χ1n) is 8.76. The SMILES string of the molecule is O=C(CSc1ccncc1)N1CC(n2nc(-c3cccc(F)c3)ccc2=O)C1. The summed E-state index contributed by atoms with van der Waals surface area (Å²) in [6.45, 7) is 0.879. The summed E-state index contributed by atoms with van der Waals surface area (Å²) < 4.78 is 14.8. The highest BCUT2D eigenvalue weighted by molar-refractivity contribution is 8.00. The van der Waals surface area contributed by atoms with Crippen molar-refractivity contribution in [2.45, 2.75) is 10.9 Å². The van der Waals surface area contributed by atoms with E-state index in [2.05, 4.69) is 10.1 Å². The van der Waals surface area contributed by atoms with Gasteiger partial charge in [-0.25, -0.2) is 9.07 Å². The summed E-state index contributed by atoms with van der Waals surface area (Å²) in [6, 6.07) is 12.6. The van der Waals surface area contributed by atoms with Gasteiger partial charge in [0.1, 0.15) is 5.82 Å². The Bertz CT molecular complexity index is 1050. The van der Waals surface area contributed by atoms with E-state index < -0.39 is 0 Å². The predicted octanol–water partition coefficient (Wildman–Crippen LogP) is 2.62. The Balaban J connectivity index is 1.40. The molecule has 1 aliphatic heterocycles. The van der Waals surface area contributed by atoms with Crippen molar-refractivity contribution < 1.29 is 9.18 Å². The molecule has 8 heteroatoms. The number of amides is 1. The first kappa shape index (κ1) is 18.4. The highest BCUT2D eigenvalue weighted by Gasteiger charge is 2.33. The maximum absolute atomic E-state index is 13.5. The van der Waals surface area contributed by atoms with Crippen LogP contribution in [0.2, 0.25) is 0 Å². The van der Waals surface area contributed by atoms with E-state index >= 15 is 0 Å². The van der Waals surface area contributed by atoms with Crippen LogP contribution >= 0.6 is 11.8 Å². The summed E-state index contributed by atoms with van der Waals surface area (Å²) in [5, 5.41) is 4.38. The highest BCUT2D eigenvalue weighted by Crippen LogP contribution is 2.24. The van der Waals surface area contributed by atoms with Gasteiger partial charge >= 0.3 is 0 Å². The van der Waals surface area contributed by atoms with E-state index in [0.717, 1.165) is 4.90 Å². The molecule has 0 radical (unpaired) electrons. The first-order chi connectivity index (χ1) is 13.6. The second-order valence-electron chi connectivity index (χ2n) is 6.44. The minimum absolute atomic E-state index is 0.0207. The smallest absolute Gasteiger partial charge is 0.267 e. The van der Waals surface area contributed by atoms with Gasteiger partial charge in [-0.15, -0.1) is 11.8 Å². The number of aromatic nitrogens is 3. The molecule has 1 amide bonds. The zero-order valence-electron chi connectivity index (χ0n) is 14.9. The lowest BCUT2D eigenvalue weighted by Gasteiger charge is -2.39. The largest absolute Gasteiger partial charge is 0.338 e. The molecule has 4 rings (SSSR count). The summed E-state index contributed by atoms with van der Waals surface area (Å²) in [5.41, 5.74) is 0.898. The lowest BCUT2D eigenvalue weighted by molar-refractivity contribution is -0.134. The minimum Gasteiger partial charge on any atom is -0.338 e. The second kappa shape index (κ2) is 7.93. The second-order valence-corrected chi connectivity index (χ2v) is 7.48. The molecule has 1 fully saturated rings. The minimum atomic E-state index is -0.357. The number of carbonyl (C=O) groups excluding carboxylic acids is 1. The molecule has 0 saturated carbocycles. The summed E-state index contributed by atoms with van der Waals surface area (Å²) >= 11 is 1.46. The Morgan fingerprint density at radius 2 is 1.93 bits per heavy atom. The molecule has 6 nitrogen and oxygen atoms in total. The van der Waals surface area contributed by atoms with Crippen LogP contribution in [0.3, 0.4) is 0 Å². The maximum atomic E-state index is 13.5. The fourth-order valence-corrected chi connectivity index (χ4v) is 3.76. The van der Waals surface area contributed by atoms with Crippen LogP contribution < -0.4 is 5.56 Å². The Hall–Kier alpha value is -3.00. The molecule has 1 saturated heterocycles. The van der Waals surface area contributed by atoms with Crippen molar-refractivity contribution in [3.63, 3.8) is 0 Å². The third-order valence-electron chi connectivity index (χ3n) is 4.52. The van der Waals surface area contributed by atoms with E-state index in [4.69, 9.17) is 0 Å². The van der Waals surface area contributed by atoms with E-state index in [1.54, 1.807) is 35.5 Å². The third kappa shape index (κ3) is 3.96. The molecule has 3 heterocycles. The van der Waals surface area contributed by atoms with Crippen LogP contribution in [0.4, 0.5) is 4.39 Å². The number of carbonyl (C=O) groups is 1. The Kier molecular flexibility index (Phi) is 5.21. The molecule has 1 aromatic carbocycles. The Labute approximate surface area is 165 Å². The molecular formula is C20H17FN4O2S. The van der Waals surface area contributed by atoms with Crippen molar-refractivity contribution in [1.82, 2.24) is 19.7 Å². The standard InChI is InChI=1S/C20H17FN4O2S/c21-15-3-1-2-14(10-15)18-4-5-19(26)25(23-18)16-11-24(12-16)20(27)13-28-17-6-8-22-9-7-17/h1-10,16H,11-13H2. The summed E-state index contributed by atoms with van der Waals surface area (Å²) in [5.74, 6) is -0.000812. The molecule has 2 aromatic heterocycles. The fourth-order valence-electron chi connectivity index (χ4n) is 2.97. The quantitative estimate of drug-likeness (QED) is 0.620. The van der Waals surface area contributed by atoms with Crippen LogP contribution in [0.5, 0.6) is 0 Å². The number of nitrogens with zero attached hydrogens (tertiary/aromatic N) is 4. The van der Waals surface area contributed by atoms with Gasteiger partial charge in [0.05, 0.1) is 17.5 Å².